The van der Waals surface area contributed by atoms with Crippen molar-refractivity contribution in [3.8, 4) is 5.75 Å². The zero-order chi connectivity index (χ0) is 14.9. The molecule has 2 aromatic rings. The molecule has 4 heteroatoms. The first-order valence-corrected chi connectivity index (χ1v) is 7.63. The van der Waals surface area contributed by atoms with Crippen LogP contribution in [0.25, 0.3) is 11.0 Å². The van der Waals surface area contributed by atoms with Crippen LogP contribution in [0.15, 0.2) is 28.7 Å². The van der Waals surface area contributed by atoms with E-state index < -0.39 is 5.60 Å². The number of para-hydroxylation sites is 1. The van der Waals surface area contributed by atoms with Crippen LogP contribution in [0.4, 0.5) is 0 Å². The fraction of sp³-hybridized carbons (Fsp3) is 0.529. The monoisotopic (exact) mass is 289 g/mol. The van der Waals surface area contributed by atoms with Crippen LogP contribution >= 0.6 is 0 Å². The lowest BCUT2D eigenvalue weighted by atomic mass is 10.0. The van der Waals surface area contributed by atoms with Gasteiger partial charge in [0.1, 0.15) is 5.76 Å². The molecule has 3 rings (SSSR count). The summed E-state index contributed by atoms with van der Waals surface area (Å²) in [6.45, 7) is 2.67. The van der Waals surface area contributed by atoms with Gasteiger partial charge in [0, 0.05) is 11.9 Å². The minimum Gasteiger partial charge on any atom is -0.493 e. The Morgan fingerprint density at radius 1 is 1.38 bits per heavy atom. The molecule has 1 aliphatic rings. The topological polar surface area (TPSA) is 54.6 Å². The fourth-order valence-corrected chi connectivity index (χ4v) is 3.08. The number of rotatable bonds is 5. The van der Waals surface area contributed by atoms with Gasteiger partial charge >= 0.3 is 0 Å². The Balaban J connectivity index is 1.74. The van der Waals surface area contributed by atoms with Crippen LogP contribution in [0.3, 0.4) is 0 Å². The van der Waals surface area contributed by atoms with E-state index in [1.165, 1.54) is 0 Å². The number of nitrogens with one attached hydrogen (secondary N) is 1. The van der Waals surface area contributed by atoms with E-state index >= 15 is 0 Å². The Morgan fingerprint density at radius 3 is 2.86 bits per heavy atom. The summed E-state index contributed by atoms with van der Waals surface area (Å²) in [5, 5.41) is 14.8. The summed E-state index contributed by atoms with van der Waals surface area (Å²) in [4.78, 5) is 0. The lowest BCUT2D eigenvalue weighted by molar-refractivity contribution is 0.0447. The van der Waals surface area contributed by atoms with Crippen LogP contribution in [-0.2, 0) is 0 Å². The zero-order valence-electron chi connectivity index (χ0n) is 12.7. The summed E-state index contributed by atoms with van der Waals surface area (Å²) in [5.41, 5.74) is 0.237. The highest BCUT2D eigenvalue weighted by Crippen LogP contribution is 2.32. The van der Waals surface area contributed by atoms with Gasteiger partial charge in [-0.05, 0) is 31.9 Å². The van der Waals surface area contributed by atoms with Crippen molar-refractivity contribution in [3.63, 3.8) is 0 Å². The minimum absolute atomic E-state index is 0.0618. The molecule has 0 bridgehead atoms. The van der Waals surface area contributed by atoms with Crippen LogP contribution in [-0.4, -0.2) is 24.4 Å². The summed E-state index contributed by atoms with van der Waals surface area (Å²) in [7, 11) is 1.65. The van der Waals surface area contributed by atoms with Gasteiger partial charge in [0.15, 0.2) is 11.3 Å². The van der Waals surface area contributed by atoms with E-state index in [4.69, 9.17) is 9.15 Å². The third-order valence-electron chi connectivity index (χ3n) is 4.45. The van der Waals surface area contributed by atoms with Gasteiger partial charge in [-0.2, -0.15) is 0 Å². The van der Waals surface area contributed by atoms with Gasteiger partial charge in [0.25, 0.3) is 0 Å². The Hall–Kier alpha value is -1.52. The average molecular weight is 289 g/mol. The molecule has 1 heterocycles. The van der Waals surface area contributed by atoms with Crippen LogP contribution in [0, 0.1) is 0 Å². The molecule has 2 N–H and O–H groups in total. The normalized spacial score (nSPS) is 19.0. The standard InChI is InChI=1S/C17H23NO3/c1-12(18-11-17(19)8-3-4-9-17)15-10-13-6-5-7-14(20-2)16(13)21-15/h5-7,10,12,18-19H,3-4,8-9,11H2,1-2H3. The molecule has 1 unspecified atom stereocenters. The molecule has 21 heavy (non-hydrogen) atoms. The van der Waals surface area contributed by atoms with Gasteiger partial charge in [-0.1, -0.05) is 25.0 Å². The number of fused-ring (bicyclic) bond motifs is 1. The number of ether oxygens (including phenoxy) is 1. The summed E-state index contributed by atoms with van der Waals surface area (Å²) >= 11 is 0. The van der Waals surface area contributed by atoms with Gasteiger partial charge in [0.2, 0.25) is 0 Å². The van der Waals surface area contributed by atoms with Gasteiger partial charge in [-0.15, -0.1) is 0 Å². The lowest BCUT2D eigenvalue weighted by Gasteiger charge is -2.24. The molecule has 1 saturated carbocycles. The molecule has 1 aromatic carbocycles. The van der Waals surface area contributed by atoms with Crippen molar-refractivity contribution in [1.82, 2.24) is 5.32 Å². The molecule has 0 saturated heterocycles. The van der Waals surface area contributed by atoms with Crippen molar-refractivity contribution in [3.05, 3.63) is 30.0 Å². The molecule has 0 amide bonds. The predicted octanol–water partition coefficient (Wildman–Crippen LogP) is 3.40. The summed E-state index contributed by atoms with van der Waals surface area (Å²) in [6, 6.07) is 7.97. The summed E-state index contributed by atoms with van der Waals surface area (Å²) in [5.74, 6) is 1.62. The molecule has 114 valence electrons. The summed E-state index contributed by atoms with van der Waals surface area (Å²) < 4.78 is 11.3. The SMILES string of the molecule is COc1cccc2cc(C(C)NCC3(O)CCCC3)oc12. The maximum absolute atomic E-state index is 10.4. The van der Waals surface area contributed by atoms with Crippen molar-refractivity contribution in [1.29, 1.82) is 0 Å². The minimum atomic E-state index is -0.544. The van der Waals surface area contributed by atoms with Crippen molar-refractivity contribution >= 4 is 11.0 Å². The van der Waals surface area contributed by atoms with Crippen molar-refractivity contribution in [2.24, 2.45) is 0 Å². The van der Waals surface area contributed by atoms with E-state index in [0.717, 1.165) is 48.2 Å². The largest absolute Gasteiger partial charge is 0.493 e. The van der Waals surface area contributed by atoms with Crippen molar-refractivity contribution in [2.75, 3.05) is 13.7 Å². The van der Waals surface area contributed by atoms with Crippen LogP contribution in [0.1, 0.15) is 44.4 Å². The number of furan rings is 1. The quantitative estimate of drug-likeness (QED) is 0.886. The second-order valence-corrected chi connectivity index (χ2v) is 6.06. The molecule has 1 aromatic heterocycles. The Bertz CT molecular complexity index is 614. The third-order valence-corrected chi connectivity index (χ3v) is 4.45. The van der Waals surface area contributed by atoms with Gasteiger partial charge in [-0.3, -0.25) is 0 Å². The molecule has 1 atom stereocenters. The Labute approximate surface area is 125 Å². The number of methoxy groups -OCH3 is 1. The molecular weight excluding hydrogens is 266 g/mol. The molecule has 0 aliphatic heterocycles. The average Bonchev–Trinajstić information content (AvgIpc) is 3.11. The maximum atomic E-state index is 10.4. The highest BCUT2D eigenvalue weighted by molar-refractivity contribution is 5.83. The first kappa shape index (κ1) is 14.4. The van der Waals surface area contributed by atoms with E-state index in [2.05, 4.69) is 12.2 Å². The van der Waals surface area contributed by atoms with Crippen LogP contribution in [0.2, 0.25) is 0 Å². The molecule has 0 spiro atoms. The molecule has 1 fully saturated rings. The van der Waals surface area contributed by atoms with Gasteiger partial charge in [-0.25, -0.2) is 0 Å². The molecule has 1 aliphatic carbocycles. The number of hydrogen-bond donors (Lipinski definition) is 2. The number of aliphatic hydroxyl groups is 1. The molecular formula is C17H23NO3. The van der Waals surface area contributed by atoms with E-state index in [1.54, 1.807) is 7.11 Å². The lowest BCUT2D eigenvalue weighted by Crippen LogP contribution is -2.38. The fourth-order valence-electron chi connectivity index (χ4n) is 3.08. The Kier molecular flexibility index (Phi) is 3.91. The zero-order valence-corrected chi connectivity index (χ0v) is 12.7. The first-order valence-electron chi connectivity index (χ1n) is 7.63. The summed E-state index contributed by atoms with van der Waals surface area (Å²) in [6.07, 6.45) is 4.02. The van der Waals surface area contributed by atoms with E-state index in [0.29, 0.717) is 6.54 Å². The van der Waals surface area contributed by atoms with Crippen molar-refractivity contribution < 1.29 is 14.3 Å². The first-order chi connectivity index (χ1) is 10.1. The van der Waals surface area contributed by atoms with Gasteiger partial charge in [0.05, 0.1) is 18.8 Å². The van der Waals surface area contributed by atoms with E-state index in [1.807, 2.05) is 24.3 Å². The van der Waals surface area contributed by atoms with Crippen LogP contribution in [0.5, 0.6) is 5.75 Å². The smallest absolute Gasteiger partial charge is 0.176 e. The highest BCUT2D eigenvalue weighted by Gasteiger charge is 2.31. The van der Waals surface area contributed by atoms with E-state index in [-0.39, 0.29) is 6.04 Å². The number of benzene rings is 1. The Morgan fingerprint density at radius 2 is 2.14 bits per heavy atom. The maximum Gasteiger partial charge on any atom is 0.176 e. The highest BCUT2D eigenvalue weighted by atomic mass is 16.5. The third kappa shape index (κ3) is 2.92. The second-order valence-electron chi connectivity index (χ2n) is 6.06. The number of hydrogen-bond acceptors (Lipinski definition) is 4. The molecule has 0 radical (unpaired) electrons. The second kappa shape index (κ2) is 5.70. The predicted molar refractivity (Wildman–Crippen MR) is 82.6 cm³/mol. The van der Waals surface area contributed by atoms with Crippen molar-refractivity contribution in [2.45, 2.75) is 44.2 Å². The molecule has 4 nitrogen and oxygen atoms in total. The van der Waals surface area contributed by atoms with Crippen LogP contribution < -0.4 is 10.1 Å². The van der Waals surface area contributed by atoms with E-state index in [9.17, 15) is 5.11 Å². The van der Waals surface area contributed by atoms with Gasteiger partial charge < -0.3 is 19.6 Å².